The van der Waals surface area contributed by atoms with Crippen LogP contribution in [0, 0.1) is 0 Å². The summed E-state index contributed by atoms with van der Waals surface area (Å²) in [7, 11) is 1.90. The predicted octanol–water partition coefficient (Wildman–Crippen LogP) is 1.72. The Morgan fingerprint density at radius 3 is 3.08 bits per heavy atom. The monoisotopic (exact) mass is 328 g/mol. The fraction of sp³-hybridized carbons (Fsp3) is 0.444. The quantitative estimate of drug-likeness (QED) is 0.793. The molecule has 24 heavy (non-hydrogen) atoms. The molecule has 2 aromatic rings. The van der Waals surface area contributed by atoms with Gasteiger partial charge in [-0.2, -0.15) is 5.10 Å². The second-order valence-electron chi connectivity index (χ2n) is 6.07. The van der Waals surface area contributed by atoms with Crippen molar-refractivity contribution in [3.05, 3.63) is 36.7 Å². The Bertz CT molecular complexity index is 677. The number of amides is 1. The summed E-state index contributed by atoms with van der Waals surface area (Å²) in [4.78, 5) is 12.0. The Balaban J connectivity index is 1.46. The zero-order chi connectivity index (χ0) is 16.8. The molecule has 1 atom stereocenters. The lowest BCUT2D eigenvalue weighted by Crippen LogP contribution is -2.47. The van der Waals surface area contributed by atoms with Crippen LogP contribution in [0.3, 0.4) is 0 Å². The number of carbonyl (C=O) groups is 1. The average Bonchev–Trinajstić information content (AvgIpc) is 3.06. The summed E-state index contributed by atoms with van der Waals surface area (Å²) >= 11 is 0. The molecule has 6 nitrogen and oxygen atoms in total. The number of hydrogen-bond acceptors (Lipinski definition) is 4. The van der Waals surface area contributed by atoms with E-state index in [1.807, 2.05) is 43.7 Å². The first-order chi connectivity index (χ1) is 11.7. The summed E-state index contributed by atoms with van der Waals surface area (Å²) in [5.41, 5.74) is 2.12. The molecule has 0 unspecified atom stereocenters. The fourth-order valence-corrected chi connectivity index (χ4v) is 2.88. The van der Waals surface area contributed by atoms with Gasteiger partial charge in [-0.05, 0) is 37.1 Å². The number of aryl methyl sites for hydroxylation is 1. The summed E-state index contributed by atoms with van der Waals surface area (Å²) in [6, 6.07) is 7.85. The van der Waals surface area contributed by atoms with E-state index in [1.54, 1.807) is 4.68 Å². The third kappa shape index (κ3) is 4.35. The highest BCUT2D eigenvalue weighted by atomic mass is 16.5. The summed E-state index contributed by atoms with van der Waals surface area (Å²) in [6.45, 7) is 1.89. The van der Waals surface area contributed by atoms with E-state index in [9.17, 15) is 4.79 Å². The van der Waals surface area contributed by atoms with Gasteiger partial charge in [0, 0.05) is 18.8 Å². The van der Waals surface area contributed by atoms with Crippen LogP contribution in [0.2, 0.25) is 0 Å². The number of benzene rings is 1. The second kappa shape index (κ2) is 7.97. The highest BCUT2D eigenvalue weighted by Crippen LogP contribution is 2.23. The standard InChI is InChI=1S/C18H24N4O2/c1-22-13-15(12-21-22)14-5-4-6-16(11-14)24-10-9-20-18(23)17-7-2-3-8-19-17/h4-6,11-13,17,19H,2-3,7-10H2,1H3,(H,20,23)/t17-/m0/s1. The maximum Gasteiger partial charge on any atom is 0.237 e. The Hall–Kier alpha value is -2.34. The van der Waals surface area contributed by atoms with Gasteiger partial charge in [0.05, 0.1) is 18.8 Å². The summed E-state index contributed by atoms with van der Waals surface area (Å²) in [5, 5.41) is 10.4. The molecule has 1 aromatic heterocycles. The Morgan fingerprint density at radius 1 is 1.42 bits per heavy atom. The highest BCUT2D eigenvalue weighted by molar-refractivity contribution is 5.81. The van der Waals surface area contributed by atoms with Crippen LogP contribution in [-0.4, -0.2) is 41.4 Å². The summed E-state index contributed by atoms with van der Waals surface area (Å²) in [5.74, 6) is 0.865. The van der Waals surface area contributed by atoms with E-state index in [4.69, 9.17) is 4.74 Å². The van der Waals surface area contributed by atoms with Gasteiger partial charge in [0.1, 0.15) is 12.4 Å². The lowest BCUT2D eigenvalue weighted by molar-refractivity contribution is -0.123. The molecule has 0 radical (unpaired) electrons. The normalized spacial score (nSPS) is 17.5. The van der Waals surface area contributed by atoms with Crippen molar-refractivity contribution in [3.8, 4) is 16.9 Å². The molecule has 0 spiro atoms. The zero-order valence-electron chi connectivity index (χ0n) is 14.0. The molecule has 6 heteroatoms. The smallest absolute Gasteiger partial charge is 0.237 e. The lowest BCUT2D eigenvalue weighted by atomic mass is 10.0. The maximum absolute atomic E-state index is 12.0. The number of rotatable bonds is 6. The van der Waals surface area contributed by atoms with Gasteiger partial charge in [0.15, 0.2) is 0 Å². The van der Waals surface area contributed by atoms with E-state index < -0.39 is 0 Å². The van der Waals surface area contributed by atoms with Crippen LogP contribution in [0.5, 0.6) is 5.75 Å². The van der Waals surface area contributed by atoms with Crippen LogP contribution in [0.15, 0.2) is 36.7 Å². The van der Waals surface area contributed by atoms with Gasteiger partial charge in [-0.15, -0.1) is 0 Å². The van der Waals surface area contributed by atoms with E-state index in [-0.39, 0.29) is 11.9 Å². The molecule has 2 N–H and O–H groups in total. The number of ether oxygens (including phenoxy) is 1. The summed E-state index contributed by atoms with van der Waals surface area (Å²) in [6.07, 6.45) is 6.98. The molecule has 3 rings (SSSR count). The summed E-state index contributed by atoms with van der Waals surface area (Å²) < 4.78 is 7.53. The molecule has 1 aliphatic heterocycles. The van der Waals surface area contributed by atoms with Crippen molar-refractivity contribution in [1.82, 2.24) is 20.4 Å². The van der Waals surface area contributed by atoms with E-state index >= 15 is 0 Å². The molecular weight excluding hydrogens is 304 g/mol. The van der Waals surface area contributed by atoms with Crippen LogP contribution in [0.4, 0.5) is 0 Å². The molecule has 128 valence electrons. The first-order valence-electron chi connectivity index (χ1n) is 8.45. The van der Waals surface area contributed by atoms with Crippen LogP contribution in [0.1, 0.15) is 19.3 Å². The van der Waals surface area contributed by atoms with Gasteiger partial charge in [0.25, 0.3) is 0 Å². The zero-order valence-corrected chi connectivity index (χ0v) is 14.0. The number of nitrogens with zero attached hydrogens (tertiary/aromatic N) is 2. The van der Waals surface area contributed by atoms with E-state index in [0.29, 0.717) is 13.2 Å². The number of hydrogen-bond donors (Lipinski definition) is 2. The minimum Gasteiger partial charge on any atom is -0.492 e. The molecular formula is C18H24N4O2. The second-order valence-corrected chi connectivity index (χ2v) is 6.07. The molecule has 1 aromatic carbocycles. The van der Waals surface area contributed by atoms with E-state index in [0.717, 1.165) is 42.7 Å². The topological polar surface area (TPSA) is 68.2 Å². The third-order valence-electron chi connectivity index (χ3n) is 4.17. The van der Waals surface area contributed by atoms with E-state index in [2.05, 4.69) is 15.7 Å². The molecule has 1 fully saturated rings. The Kier molecular flexibility index (Phi) is 5.48. The molecule has 0 aliphatic carbocycles. The SMILES string of the molecule is Cn1cc(-c2cccc(OCCNC(=O)[C@@H]3CCCCN3)c2)cn1. The van der Waals surface area contributed by atoms with Gasteiger partial charge in [0.2, 0.25) is 5.91 Å². The first kappa shape index (κ1) is 16.5. The number of piperidine rings is 1. The molecule has 0 saturated carbocycles. The number of nitrogens with one attached hydrogen (secondary N) is 2. The van der Waals surface area contributed by atoms with Crippen LogP contribution >= 0.6 is 0 Å². The minimum absolute atomic E-state index is 0.0485. The van der Waals surface area contributed by atoms with Gasteiger partial charge >= 0.3 is 0 Å². The van der Waals surface area contributed by atoms with Crippen molar-refractivity contribution >= 4 is 5.91 Å². The van der Waals surface area contributed by atoms with Crippen molar-refractivity contribution in [2.45, 2.75) is 25.3 Å². The minimum atomic E-state index is -0.0485. The van der Waals surface area contributed by atoms with Gasteiger partial charge in [-0.25, -0.2) is 0 Å². The van der Waals surface area contributed by atoms with E-state index in [1.165, 1.54) is 0 Å². The highest BCUT2D eigenvalue weighted by Gasteiger charge is 2.19. The van der Waals surface area contributed by atoms with Crippen molar-refractivity contribution in [3.63, 3.8) is 0 Å². The van der Waals surface area contributed by atoms with Crippen molar-refractivity contribution < 1.29 is 9.53 Å². The van der Waals surface area contributed by atoms with Gasteiger partial charge in [-0.1, -0.05) is 18.6 Å². The molecule has 1 saturated heterocycles. The Morgan fingerprint density at radius 2 is 2.33 bits per heavy atom. The number of carbonyl (C=O) groups excluding carboxylic acids is 1. The fourth-order valence-electron chi connectivity index (χ4n) is 2.88. The van der Waals surface area contributed by atoms with Crippen LogP contribution in [-0.2, 0) is 11.8 Å². The maximum atomic E-state index is 12.0. The Labute approximate surface area is 142 Å². The third-order valence-corrected chi connectivity index (χ3v) is 4.17. The largest absolute Gasteiger partial charge is 0.492 e. The van der Waals surface area contributed by atoms with Crippen molar-refractivity contribution in [2.24, 2.45) is 7.05 Å². The average molecular weight is 328 g/mol. The molecule has 1 aliphatic rings. The predicted molar refractivity (Wildman–Crippen MR) is 92.8 cm³/mol. The first-order valence-corrected chi connectivity index (χ1v) is 8.45. The molecule has 0 bridgehead atoms. The lowest BCUT2D eigenvalue weighted by Gasteiger charge is -2.22. The number of aromatic nitrogens is 2. The van der Waals surface area contributed by atoms with Crippen LogP contribution < -0.4 is 15.4 Å². The van der Waals surface area contributed by atoms with Gasteiger partial charge in [-0.3, -0.25) is 9.48 Å². The van der Waals surface area contributed by atoms with Crippen LogP contribution in [0.25, 0.3) is 11.1 Å². The molecule has 2 heterocycles. The van der Waals surface area contributed by atoms with Crippen molar-refractivity contribution in [2.75, 3.05) is 19.7 Å². The van der Waals surface area contributed by atoms with Crippen molar-refractivity contribution in [1.29, 1.82) is 0 Å². The van der Waals surface area contributed by atoms with Gasteiger partial charge < -0.3 is 15.4 Å². The molecule has 1 amide bonds.